The van der Waals surface area contributed by atoms with Crippen LogP contribution in [0.3, 0.4) is 0 Å². The fourth-order valence-electron chi connectivity index (χ4n) is 1.38. The maximum atomic E-state index is 10.6. The second-order valence-electron chi connectivity index (χ2n) is 4.04. The molecule has 1 amide bonds. The van der Waals surface area contributed by atoms with E-state index in [0.29, 0.717) is 13.2 Å². The Morgan fingerprint density at radius 2 is 2.11 bits per heavy atom. The lowest BCUT2D eigenvalue weighted by atomic mass is 10.2. The van der Waals surface area contributed by atoms with Gasteiger partial charge in [-0.1, -0.05) is 19.1 Å². The van der Waals surface area contributed by atoms with Crippen LogP contribution in [0.25, 0.3) is 0 Å². The van der Waals surface area contributed by atoms with Crippen molar-refractivity contribution in [2.24, 2.45) is 5.73 Å². The molecule has 1 rings (SSSR count). The zero-order valence-electron chi connectivity index (χ0n) is 10.6. The average Bonchev–Trinajstić information content (AvgIpc) is 2.37. The van der Waals surface area contributed by atoms with Crippen molar-refractivity contribution in [2.45, 2.75) is 26.0 Å². The van der Waals surface area contributed by atoms with E-state index in [0.717, 1.165) is 17.7 Å². The third-order valence-corrected chi connectivity index (χ3v) is 2.39. The molecule has 18 heavy (non-hydrogen) atoms. The van der Waals surface area contributed by atoms with E-state index in [1.165, 1.54) is 0 Å². The zero-order chi connectivity index (χ0) is 13.4. The number of aliphatic hydroxyl groups is 1. The molecule has 100 valence electrons. The van der Waals surface area contributed by atoms with Gasteiger partial charge in [0.05, 0.1) is 6.61 Å². The van der Waals surface area contributed by atoms with Crippen LogP contribution in [0.1, 0.15) is 18.9 Å². The van der Waals surface area contributed by atoms with Gasteiger partial charge in [0.2, 0.25) is 5.91 Å². The van der Waals surface area contributed by atoms with E-state index in [-0.39, 0.29) is 6.54 Å². The van der Waals surface area contributed by atoms with Crippen LogP contribution in [0.4, 0.5) is 0 Å². The summed E-state index contributed by atoms with van der Waals surface area (Å²) in [4.78, 5) is 10.6. The number of aliphatic hydroxyl groups excluding tert-OH is 1. The lowest BCUT2D eigenvalue weighted by molar-refractivity contribution is -0.125. The number of nitrogens with two attached hydrogens (primary N) is 1. The highest BCUT2D eigenvalue weighted by Crippen LogP contribution is 2.12. The third-order valence-electron chi connectivity index (χ3n) is 2.39. The number of primary amides is 1. The molecule has 1 aromatic rings. The molecular formula is C13H20N2O3. The normalized spacial score (nSPS) is 12.1. The third kappa shape index (κ3) is 5.16. The second kappa shape index (κ2) is 7.68. The standard InChI is InChI=1S/C13H20N2O3/c1-2-7-18-11-5-3-10(4-6-11)8-15-9-12(16)13(14)17/h3-6,12,15-16H,2,7-9H2,1H3,(H2,14,17). The van der Waals surface area contributed by atoms with Crippen molar-refractivity contribution in [2.75, 3.05) is 13.2 Å². The van der Waals surface area contributed by atoms with E-state index in [2.05, 4.69) is 12.2 Å². The fourth-order valence-corrected chi connectivity index (χ4v) is 1.38. The van der Waals surface area contributed by atoms with Gasteiger partial charge in [-0.25, -0.2) is 0 Å². The van der Waals surface area contributed by atoms with Crippen LogP contribution in [-0.2, 0) is 11.3 Å². The van der Waals surface area contributed by atoms with Crippen molar-refractivity contribution in [3.63, 3.8) is 0 Å². The first kappa shape index (κ1) is 14.5. The van der Waals surface area contributed by atoms with Crippen LogP contribution in [0.5, 0.6) is 5.75 Å². The van der Waals surface area contributed by atoms with Gasteiger partial charge in [-0.3, -0.25) is 4.79 Å². The molecule has 1 atom stereocenters. The van der Waals surface area contributed by atoms with E-state index in [1.807, 2.05) is 24.3 Å². The average molecular weight is 252 g/mol. The molecule has 1 unspecified atom stereocenters. The SMILES string of the molecule is CCCOc1ccc(CNCC(O)C(N)=O)cc1. The maximum absolute atomic E-state index is 10.6. The summed E-state index contributed by atoms with van der Waals surface area (Å²) < 4.78 is 5.46. The molecule has 1 aromatic carbocycles. The molecule has 0 saturated heterocycles. The predicted molar refractivity (Wildman–Crippen MR) is 69.1 cm³/mol. The van der Waals surface area contributed by atoms with Crippen LogP contribution < -0.4 is 15.8 Å². The van der Waals surface area contributed by atoms with Gasteiger partial charge in [-0.2, -0.15) is 0 Å². The van der Waals surface area contributed by atoms with E-state index >= 15 is 0 Å². The van der Waals surface area contributed by atoms with Crippen molar-refractivity contribution >= 4 is 5.91 Å². The first-order chi connectivity index (χ1) is 8.63. The molecule has 0 aliphatic rings. The first-order valence-electron chi connectivity index (χ1n) is 6.03. The molecule has 5 heteroatoms. The molecule has 0 fully saturated rings. The number of hydrogen-bond acceptors (Lipinski definition) is 4. The number of carbonyl (C=O) groups excluding carboxylic acids is 1. The van der Waals surface area contributed by atoms with E-state index in [9.17, 15) is 9.90 Å². The van der Waals surface area contributed by atoms with Gasteiger partial charge < -0.3 is 20.9 Å². The Kier molecular flexibility index (Phi) is 6.18. The maximum Gasteiger partial charge on any atom is 0.247 e. The highest BCUT2D eigenvalue weighted by Gasteiger charge is 2.09. The van der Waals surface area contributed by atoms with Crippen LogP contribution in [0, 0.1) is 0 Å². The monoisotopic (exact) mass is 252 g/mol. The number of amides is 1. The van der Waals surface area contributed by atoms with Crippen molar-refractivity contribution < 1.29 is 14.6 Å². The molecule has 0 saturated carbocycles. The van der Waals surface area contributed by atoms with Crippen molar-refractivity contribution in [3.8, 4) is 5.75 Å². The Balaban J connectivity index is 2.32. The van der Waals surface area contributed by atoms with Gasteiger partial charge in [0.1, 0.15) is 11.9 Å². The summed E-state index contributed by atoms with van der Waals surface area (Å²) in [6.07, 6.45) is -0.161. The minimum absolute atomic E-state index is 0.156. The molecule has 5 nitrogen and oxygen atoms in total. The number of hydrogen-bond donors (Lipinski definition) is 3. The topological polar surface area (TPSA) is 84.6 Å². The Hall–Kier alpha value is -1.59. The summed E-state index contributed by atoms with van der Waals surface area (Å²) in [5.74, 6) is 0.128. The van der Waals surface area contributed by atoms with Crippen LogP contribution in [-0.4, -0.2) is 30.3 Å². The van der Waals surface area contributed by atoms with Gasteiger partial charge in [0, 0.05) is 13.1 Å². The van der Waals surface area contributed by atoms with Gasteiger partial charge in [0.15, 0.2) is 0 Å². The second-order valence-corrected chi connectivity index (χ2v) is 4.04. The number of benzene rings is 1. The molecular weight excluding hydrogens is 232 g/mol. The lowest BCUT2D eigenvalue weighted by Gasteiger charge is -2.09. The molecule has 0 aliphatic carbocycles. The molecule has 0 heterocycles. The molecule has 0 aromatic heterocycles. The Morgan fingerprint density at radius 1 is 1.44 bits per heavy atom. The predicted octanol–water partition coefficient (Wildman–Crippen LogP) is 0.411. The van der Waals surface area contributed by atoms with Gasteiger partial charge in [0.25, 0.3) is 0 Å². The summed E-state index contributed by atoms with van der Waals surface area (Å²) in [5, 5.41) is 12.1. The van der Waals surface area contributed by atoms with Gasteiger partial charge in [-0.15, -0.1) is 0 Å². The number of rotatable bonds is 8. The highest BCUT2D eigenvalue weighted by atomic mass is 16.5. The van der Waals surface area contributed by atoms with Crippen LogP contribution in [0.15, 0.2) is 24.3 Å². The Bertz CT molecular complexity index is 365. The van der Waals surface area contributed by atoms with Crippen LogP contribution in [0.2, 0.25) is 0 Å². The highest BCUT2D eigenvalue weighted by molar-refractivity contribution is 5.78. The summed E-state index contributed by atoms with van der Waals surface area (Å²) >= 11 is 0. The summed E-state index contributed by atoms with van der Waals surface area (Å²) in [6.45, 7) is 3.49. The fraction of sp³-hybridized carbons (Fsp3) is 0.462. The molecule has 0 aliphatic heterocycles. The summed E-state index contributed by atoms with van der Waals surface area (Å²) in [6, 6.07) is 7.68. The first-order valence-corrected chi connectivity index (χ1v) is 6.03. The minimum Gasteiger partial charge on any atom is -0.494 e. The molecule has 0 radical (unpaired) electrons. The van der Waals surface area contributed by atoms with Gasteiger partial charge >= 0.3 is 0 Å². The smallest absolute Gasteiger partial charge is 0.247 e. The summed E-state index contributed by atoms with van der Waals surface area (Å²) in [7, 11) is 0. The number of carbonyl (C=O) groups is 1. The van der Waals surface area contributed by atoms with Crippen LogP contribution >= 0.6 is 0 Å². The van der Waals surface area contributed by atoms with E-state index in [4.69, 9.17) is 10.5 Å². The van der Waals surface area contributed by atoms with Crippen molar-refractivity contribution in [3.05, 3.63) is 29.8 Å². The van der Waals surface area contributed by atoms with Crippen molar-refractivity contribution in [1.82, 2.24) is 5.32 Å². The number of ether oxygens (including phenoxy) is 1. The quantitative estimate of drug-likeness (QED) is 0.625. The van der Waals surface area contributed by atoms with E-state index in [1.54, 1.807) is 0 Å². The Labute approximate surface area is 107 Å². The van der Waals surface area contributed by atoms with Gasteiger partial charge in [-0.05, 0) is 24.1 Å². The molecule has 4 N–H and O–H groups in total. The van der Waals surface area contributed by atoms with Crippen molar-refractivity contribution in [1.29, 1.82) is 0 Å². The van der Waals surface area contributed by atoms with E-state index < -0.39 is 12.0 Å². The number of nitrogens with one attached hydrogen (secondary N) is 1. The zero-order valence-corrected chi connectivity index (χ0v) is 10.6. The molecule has 0 spiro atoms. The summed E-state index contributed by atoms with van der Waals surface area (Å²) in [5.41, 5.74) is 5.99. The lowest BCUT2D eigenvalue weighted by Crippen LogP contribution is -2.37. The molecule has 0 bridgehead atoms. The minimum atomic E-state index is -1.14. The largest absolute Gasteiger partial charge is 0.494 e. The Morgan fingerprint density at radius 3 is 2.67 bits per heavy atom.